The van der Waals surface area contributed by atoms with Gasteiger partial charge in [-0.2, -0.15) is 0 Å². The van der Waals surface area contributed by atoms with Crippen LogP contribution >= 0.6 is 11.6 Å². The van der Waals surface area contributed by atoms with Crippen molar-refractivity contribution < 1.29 is 19.1 Å². The van der Waals surface area contributed by atoms with Gasteiger partial charge >= 0.3 is 5.97 Å². The number of esters is 1. The molecule has 6 heteroatoms. The van der Waals surface area contributed by atoms with E-state index in [1.165, 1.54) is 0 Å². The molecule has 0 saturated heterocycles. The maximum absolute atomic E-state index is 12.9. The molecule has 1 aliphatic carbocycles. The number of rotatable bonds is 8. The van der Waals surface area contributed by atoms with Crippen molar-refractivity contribution in [1.82, 2.24) is 4.57 Å². The molecule has 3 rings (SSSR count). The highest BCUT2D eigenvalue weighted by atomic mass is 35.5. The van der Waals surface area contributed by atoms with Crippen LogP contribution in [0.4, 0.5) is 0 Å². The van der Waals surface area contributed by atoms with E-state index in [1.807, 2.05) is 42.7 Å². The number of carbonyl (C=O) groups excluding carboxylic acids is 2. The van der Waals surface area contributed by atoms with Crippen molar-refractivity contribution in [1.29, 1.82) is 0 Å². The van der Waals surface area contributed by atoms with Crippen LogP contribution in [0.15, 0.2) is 30.3 Å². The number of aryl methyl sites for hydroxylation is 1. The third kappa shape index (κ3) is 3.87. The second kappa shape index (κ2) is 8.50. The summed E-state index contributed by atoms with van der Waals surface area (Å²) in [5.74, 6) is -0.534. The van der Waals surface area contributed by atoms with Gasteiger partial charge in [-0.3, -0.25) is 9.59 Å². The Bertz CT molecular complexity index is 883. The number of hydrogen-bond donors (Lipinski definition) is 0. The molecule has 1 aromatic carbocycles. The average molecular weight is 404 g/mol. The van der Waals surface area contributed by atoms with Crippen LogP contribution in [-0.2, 0) is 26.2 Å². The summed E-state index contributed by atoms with van der Waals surface area (Å²) in [7, 11) is 1.65. The van der Waals surface area contributed by atoms with Gasteiger partial charge in [-0.05, 0) is 50.5 Å². The number of hydrogen-bond acceptors (Lipinski definition) is 4. The Balaban J connectivity index is 1.70. The van der Waals surface area contributed by atoms with E-state index < -0.39 is 5.41 Å². The Labute approximate surface area is 170 Å². The molecular formula is C22H26ClNO4. The summed E-state index contributed by atoms with van der Waals surface area (Å²) < 4.78 is 12.6. The highest BCUT2D eigenvalue weighted by molar-refractivity contribution is 6.30. The highest BCUT2D eigenvalue weighted by Crippen LogP contribution is 2.45. The van der Waals surface area contributed by atoms with E-state index in [9.17, 15) is 9.59 Å². The van der Waals surface area contributed by atoms with Gasteiger partial charge in [0.1, 0.15) is 0 Å². The summed E-state index contributed by atoms with van der Waals surface area (Å²) in [5.41, 5.74) is 2.62. The fraction of sp³-hybridized carbons (Fsp3) is 0.455. The molecule has 0 radical (unpaired) electrons. The van der Waals surface area contributed by atoms with E-state index in [2.05, 4.69) is 0 Å². The number of benzene rings is 1. The van der Waals surface area contributed by atoms with E-state index in [1.54, 1.807) is 13.2 Å². The number of halogens is 1. The Kier molecular flexibility index (Phi) is 6.26. The zero-order chi connectivity index (χ0) is 20.3. The van der Waals surface area contributed by atoms with Crippen LogP contribution in [0.5, 0.6) is 0 Å². The first-order valence-electron chi connectivity index (χ1n) is 9.51. The minimum Gasteiger partial charge on any atom is -0.457 e. The van der Waals surface area contributed by atoms with Crippen LogP contribution in [0.25, 0.3) is 0 Å². The molecule has 0 bridgehead atoms. The summed E-state index contributed by atoms with van der Waals surface area (Å²) in [6, 6.07) is 9.18. The molecule has 1 heterocycles. The molecule has 0 unspecified atom stereocenters. The Morgan fingerprint density at radius 3 is 2.57 bits per heavy atom. The standard InChI is InChI=1S/C22H26ClNO4/c1-15-12-19(16(2)24(15)10-11-27-3)20(25)14-28-21(26)22(8-5-9-22)17-6-4-7-18(23)13-17/h4,6-7,12-13H,5,8-11,14H2,1-3H3. The molecule has 1 fully saturated rings. The molecule has 150 valence electrons. The first-order chi connectivity index (χ1) is 13.4. The van der Waals surface area contributed by atoms with Crippen LogP contribution in [0.3, 0.4) is 0 Å². The lowest BCUT2D eigenvalue weighted by Gasteiger charge is -2.39. The average Bonchev–Trinajstić information content (AvgIpc) is 2.91. The molecule has 28 heavy (non-hydrogen) atoms. The molecule has 0 N–H and O–H groups in total. The monoisotopic (exact) mass is 403 g/mol. The predicted octanol–water partition coefficient (Wildman–Crippen LogP) is 4.25. The lowest BCUT2D eigenvalue weighted by Crippen LogP contribution is -2.44. The minimum absolute atomic E-state index is 0.189. The van der Waals surface area contributed by atoms with Crippen molar-refractivity contribution in [3.05, 3.63) is 57.9 Å². The fourth-order valence-electron chi connectivity index (χ4n) is 3.88. The number of carbonyl (C=O) groups is 2. The first kappa shape index (κ1) is 20.6. The molecule has 2 aromatic rings. The van der Waals surface area contributed by atoms with Crippen LogP contribution in [0.1, 0.15) is 46.6 Å². The number of methoxy groups -OCH3 is 1. The molecule has 0 amide bonds. The van der Waals surface area contributed by atoms with E-state index in [-0.39, 0.29) is 18.4 Å². The van der Waals surface area contributed by atoms with E-state index in [4.69, 9.17) is 21.1 Å². The van der Waals surface area contributed by atoms with Gasteiger partial charge in [-0.15, -0.1) is 0 Å². The van der Waals surface area contributed by atoms with E-state index in [0.29, 0.717) is 36.6 Å². The van der Waals surface area contributed by atoms with Crippen LogP contribution < -0.4 is 0 Å². The Morgan fingerprint density at radius 2 is 1.96 bits per heavy atom. The first-order valence-corrected chi connectivity index (χ1v) is 9.89. The maximum atomic E-state index is 12.9. The number of aromatic nitrogens is 1. The summed E-state index contributed by atoms with van der Waals surface area (Å²) in [6.45, 7) is 4.85. The number of ketones is 1. The van der Waals surface area contributed by atoms with Crippen LogP contribution in [0.2, 0.25) is 5.02 Å². The summed E-state index contributed by atoms with van der Waals surface area (Å²) in [6.07, 6.45) is 2.38. The molecule has 0 aliphatic heterocycles. The number of nitrogens with zero attached hydrogens (tertiary/aromatic N) is 1. The number of Topliss-reactive ketones (excluding diaryl/α,β-unsaturated/α-hetero) is 1. The quantitative estimate of drug-likeness (QED) is 0.488. The molecule has 5 nitrogen and oxygen atoms in total. The van der Waals surface area contributed by atoms with Gasteiger partial charge in [0.15, 0.2) is 6.61 Å². The lowest BCUT2D eigenvalue weighted by molar-refractivity contribution is -0.153. The second-order valence-corrected chi connectivity index (χ2v) is 7.81. The lowest BCUT2D eigenvalue weighted by atomic mass is 9.64. The summed E-state index contributed by atoms with van der Waals surface area (Å²) in [5, 5.41) is 0.594. The molecule has 1 aliphatic rings. The van der Waals surface area contributed by atoms with E-state index >= 15 is 0 Å². The van der Waals surface area contributed by atoms with E-state index in [0.717, 1.165) is 23.4 Å². The zero-order valence-corrected chi connectivity index (χ0v) is 17.3. The van der Waals surface area contributed by atoms with Gasteiger partial charge in [0.05, 0.1) is 12.0 Å². The highest BCUT2D eigenvalue weighted by Gasteiger charge is 2.47. The molecule has 1 saturated carbocycles. The Morgan fingerprint density at radius 1 is 1.21 bits per heavy atom. The second-order valence-electron chi connectivity index (χ2n) is 7.37. The third-order valence-electron chi connectivity index (χ3n) is 5.70. The van der Waals surface area contributed by atoms with Crippen molar-refractivity contribution in [2.75, 3.05) is 20.3 Å². The fourth-order valence-corrected chi connectivity index (χ4v) is 4.07. The SMILES string of the molecule is COCCn1c(C)cc(C(=O)COC(=O)C2(c3cccc(Cl)c3)CCC2)c1C. The van der Waals surface area contributed by atoms with Crippen LogP contribution in [-0.4, -0.2) is 36.6 Å². The molecular weight excluding hydrogens is 378 g/mol. The predicted molar refractivity (Wildman–Crippen MR) is 108 cm³/mol. The van der Waals surface area contributed by atoms with Crippen LogP contribution in [0, 0.1) is 13.8 Å². The van der Waals surface area contributed by atoms with Gasteiger partial charge in [-0.1, -0.05) is 30.2 Å². The zero-order valence-electron chi connectivity index (χ0n) is 16.6. The van der Waals surface area contributed by atoms with Gasteiger partial charge in [-0.25, -0.2) is 0 Å². The van der Waals surface area contributed by atoms with Crippen molar-refractivity contribution in [3.8, 4) is 0 Å². The third-order valence-corrected chi connectivity index (χ3v) is 5.94. The van der Waals surface area contributed by atoms with Crippen molar-refractivity contribution in [3.63, 3.8) is 0 Å². The van der Waals surface area contributed by atoms with Crippen molar-refractivity contribution >= 4 is 23.4 Å². The smallest absolute Gasteiger partial charge is 0.317 e. The molecule has 1 aromatic heterocycles. The minimum atomic E-state index is -0.680. The van der Waals surface area contributed by atoms with Gasteiger partial charge in [0.25, 0.3) is 0 Å². The normalized spacial score (nSPS) is 15.1. The maximum Gasteiger partial charge on any atom is 0.317 e. The summed E-state index contributed by atoms with van der Waals surface area (Å²) in [4.78, 5) is 25.5. The van der Waals surface area contributed by atoms with Gasteiger partial charge in [0.2, 0.25) is 5.78 Å². The van der Waals surface area contributed by atoms with Crippen molar-refractivity contribution in [2.45, 2.75) is 45.1 Å². The molecule has 0 spiro atoms. The van der Waals surface area contributed by atoms with Gasteiger partial charge < -0.3 is 14.0 Å². The number of ether oxygens (including phenoxy) is 2. The Hall–Kier alpha value is -2.11. The topological polar surface area (TPSA) is 57.5 Å². The van der Waals surface area contributed by atoms with Gasteiger partial charge in [0, 0.05) is 35.6 Å². The largest absolute Gasteiger partial charge is 0.457 e. The molecule has 0 atom stereocenters. The summed E-state index contributed by atoms with van der Waals surface area (Å²) >= 11 is 6.10. The van der Waals surface area contributed by atoms with Crippen molar-refractivity contribution in [2.24, 2.45) is 0 Å².